The second-order valence-electron chi connectivity index (χ2n) is 1.08. The van der Waals surface area contributed by atoms with E-state index >= 15 is 0 Å². The molecule has 0 aliphatic heterocycles. The summed E-state index contributed by atoms with van der Waals surface area (Å²) < 4.78 is 0. The lowest BCUT2D eigenvalue weighted by atomic mass is 10.8. The zero-order chi connectivity index (χ0) is 9.54. The van der Waals surface area contributed by atoms with Gasteiger partial charge in [-0.15, -0.1) is 6.58 Å². The fourth-order valence-electron chi connectivity index (χ4n) is 0. The Morgan fingerprint density at radius 1 is 1.27 bits per heavy atom. The van der Waals surface area contributed by atoms with Crippen LogP contribution in [-0.2, 0) is 0 Å². The summed E-state index contributed by atoms with van der Waals surface area (Å²) in [6.45, 7) is 5.00. The zero-order valence-corrected chi connectivity index (χ0v) is 6.49. The van der Waals surface area contributed by atoms with Crippen LogP contribution in [-0.4, -0.2) is 23.4 Å². The Morgan fingerprint density at radius 2 is 1.45 bits per heavy atom. The first kappa shape index (κ1) is 16.3. The number of nitrogens with zero attached hydrogens (tertiary/aromatic N) is 2. The first-order chi connectivity index (χ1) is 5.24. The highest BCUT2D eigenvalue weighted by Crippen LogP contribution is 1.39. The number of hydrogen-bond donors (Lipinski definition) is 2. The Labute approximate surface area is 66.6 Å². The largest absolute Gasteiger partial charge is 0.394 e. The quantitative estimate of drug-likeness (QED) is 0.531. The minimum atomic E-state index is -0.125. The predicted molar refractivity (Wildman–Crippen MR) is 41.3 cm³/mol. The molecule has 0 heterocycles. The molecule has 0 atom stereocenters. The van der Waals surface area contributed by atoms with E-state index in [4.69, 9.17) is 20.7 Å². The molecule has 0 saturated heterocycles. The van der Waals surface area contributed by atoms with Crippen molar-refractivity contribution in [2.24, 2.45) is 0 Å². The standard InChI is InChI=1S/C3H6.C2N2.C2H6O2/c1-3-2;2*3-1-2-4/h3H,1H2,2H3;;3-4H,1-2H2. The zero-order valence-electron chi connectivity index (χ0n) is 6.49. The smallest absolute Gasteiger partial charge is 0.181 e. The number of nitriles is 2. The van der Waals surface area contributed by atoms with Crippen LogP contribution < -0.4 is 0 Å². The van der Waals surface area contributed by atoms with Crippen LogP contribution in [0.1, 0.15) is 6.92 Å². The highest BCUT2D eigenvalue weighted by atomic mass is 16.3. The summed E-state index contributed by atoms with van der Waals surface area (Å²) in [4.78, 5) is 0. The summed E-state index contributed by atoms with van der Waals surface area (Å²) in [5.74, 6) is 0. The van der Waals surface area contributed by atoms with E-state index in [2.05, 4.69) is 6.58 Å². The van der Waals surface area contributed by atoms with Gasteiger partial charge in [0.25, 0.3) is 0 Å². The monoisotopic (exact) mass is 156 g/mol. The number of aliphatic hydroxyl groups excluding tert-OH is 2. The normalized spacial score (nSPS) is 4.82. The summed E-state index contributed by atoms with van der Waals surface area (Å²) in [6, 6.07) is 2.47. The van der Waals surface area contributed by atoms with E-state index in [1.54, 1.807) is 6.08 Å². The molecular weight excluding hydrogens is 144 g/mol. The molecule has 0 rings (SSSR count). The molecule has 11 heavy (non-hydrogen) atoms. The van der Waals surface area contributed by atoms with Crippen molar-refractivity contribution in [3.63, 3.8) is 0 Å². The van der Waals surface area contributed by atoms with Crippen LogP contribution in [0.3, 0.4) is 0 Å². The molecule has 0 aliphatic rings. The summed E-state index contributed by atoms with van der Waals surface area (Å²) in [5.41, 5.74) is 0. The van der Waals surface area contributed by atoms with Gasteiger partial charge in [-0.25, -0.2) is 0 Å². The fourth-order valence-corrected chi connectivity index (χ4v) is 0. The van der Waals surface area contributed by atoms with Crippen molar-refractivity contribution in [3.05, 3.63) is 12.7 Å². The molecular formula is C7H12N2O2. The first-order valence-corrected chi connectivity index (χ1v) is 2.82. The van der Waals surface area contributed by atoms with Gasteiger partial charge >= 0.3 is 0 Å². The van der Waals surface area contributed by atoms with Crippen LogP contribution in [0.2, 0.25) is 0 Å². The van der Waals surface area contributed by atoms with Gasteiger partial charge in [0.05, 0.1) is 13.2 Å². The van der Waals surface area contributed by atoms with E-state index < -0.39 is 0 Å². The third-order valence-corrected chi connectivity index (χ3v) is 0.150. The lowest BCUT2D eigenvalue weighted by Gasteiger charge is -1.70. The molecule has 0 radical (unpaired) electrons. The lowest BCUT2D eigenvalue weighted by molar-refractivity contribution is 0.186. The topological polar surface area (TPSA) is 88.0 Å². The summed E-state index contributed by atoms with van der Waals surface area (Å²) in [6.07, 6.45) is 1.75. The number of aliphatic hydroxyl groups is 2. The van der Waals surface area contributed by atoms with E-state index in [0.717, 1.165) is 0 Å². The van der Waals surface area contributed by atoms with E-state index in [-0.39, 0.29) is 13.2 Å². The SMILES string of the molecule is C=CC.N#CC#N.OCCO. The minimum absolute atomic E-state index is 0.125. The molecule has 0 bridgehead atoms. The predicted octanol–water partition coefficient (Wildman–Crippen LogP) is 0.197. The molecule has 0 saturated carbocycles. The van der Waals surface area contributed by atoms with Gasteiger partial charge in [0.2, 0.25) is 0 Å². The molecule has 0 amide bonds. The van der Waals surface area contributed by atoms with Gasteiger partial charge in [-0.2, -0.15) is 10.5 Å². The van der Waals surface area contributed by atoms with E-state index in [9.17, 15) is 0 Å². The summed E-state index contributed by atoms with van der Waals surface area (Å²) in [7, 11) is 0. The van der Waals surface area contributed by atoms with E-state index in [1.165, 1.54) is 12.1 Å². The minimum Gasteiger partial charge on any atom is -0.394 e. The molecule has 0 aliphatic carbocycles. The van der Waals surface area contributed by atoms with Crippen LogP contribution in [0.5, 0.6) is 0 Å². The summed E-state index contributed by atoms with van der Waals surface area (Å²) in [5, 5.41) is 29.8. The van der Waals surface area contributed by atoms with Crippen molar-refractivity contribution < 1.29 is 10.2 Å². The van der Waals surface area contributed by atoms with Gasteiger partial charge in [-0.1, -0.05) is 6.08 Å². The summed E-state index contributed by atoms with van der Waals surface area (Å²) >= 11 is 0. The molecule has 4 heteroatoms. The lowest BCUT2D eigenvalue weighted by Crippen LogP contribution is -1.85. The van der Waals surface area contributed by atoms with E-state index in [0.29, 0.717) is 0 Å². The second kappa shape index (κ2) is 38.1. The van der Waals surface area contributed by atoms with Gasteiger partial charge in [-0.3, -0.25) is 0 Å². The maximum atomic E-state index is 7.62. The van der Waals surface area contributed by atoms with Crippen molar-refractivity contribution in [1.29, 1.82) is 10.5 Å². The Kier molecular flexibility index (Phi) is 56.5. The van der Waals surface area contributed by atoms with Crippen molar-refractivity contribution in [1.82, 2.24) is 0 Å². The average Bonchev–Trinajstić information content (AvgIpc) is 2.06. The fraction of sp³-hybridized carbons (Fsp3) is 0.429. The highest BCUT2D eigenvalue weighted by molar-refractivity contribution is 4.99. The molecule has 2 N–H and O–H groups in total. The van der Waals surface area contributed by atoms with Gasteiger partial charge < -0.3 is 10.2 Å². The van der Waals surface area contributed by atoms with Gasteiger partial charge in [-0.05, 0) is 6.92 Å². The van der Waals surface area contributed by atoms with Crippen LogP contribution in [0.15, 0.2) is 12.7 Å². The van der Waals surface area contributed by atoms with Crippen molar-refractivity contribution >= 4 is 0 Å². The van der Waals surface area contributed by atoms with Crippen LogP contribution in [0, 0.1) is 22.7 Å². The first-order valence-electron chi connectivity index (χ1n) is 2.82. The Hall–Kier alpha value is -1.36. The van der Waals surface area contributed by atoms with Gasteiger partial charge in [0.1, 0.15) is 0 Å². The third kappa shape index (κ3) is 930. The number of hydrogen-bond acceptors (Lipinski definition) is 4. The van der Waals surface area contributed by atoms with Crippen molar-refractivity contribution in [3.8, 4) is 12.1 Å². The molecule has 0 spiro atoms. The molecule has 0 aromatic carbocycles. The molecule has 0 aromatic heterocycles. The molecule has 0 fully saturated rings. The van der Waals surface area contributed by atoms with Gasteiger partial charge in [0.15, 0.2) is 12.1 Å². The highest BCUT2D eigenvalue weighted by Gasteiger charge is 1.58. The van der Waals surface area contributed by atoms with Crippen LogP contribution in [0.25, 0.3) is 0 Å². The second-order valence-corrected chi connectivity index (χ2v) is 1.08. The average molecular weight is 156 g/mol. The van der Waals surface area contributed by atoms with Crippen LogP contribution >= 0.6 is 0 Å². The van der Waals surface area contributed by atoms with E-state index in [1.807, 2.05) is 6.92 Å². The number of allylic oxidation sites excluding steroid dienone is 1. The molecule has 0 aromatic rings. The maximum Gasteiger partial charge on any atom is 0.181 e. The number of rotatable bonds is 1. The Morgan fingerprint density at radius 3 is 1.45 bits per heavy atom. The molecule has 4 nitrogen and oxygen atoms in total. The third-order valence-electron chi connectivity index (χ3n) is 0.150. The van der Waals surface area contributed by atoms with Crippen molar-refractivity contribution in [2.75, 3.05) is 13.2 Å². The van der Waals surface area contributed by atoms with Crippen LogP contribution in [0.4, 0.5) is 0 Å². The molecule has 62 valence electrons. The Balaban J connectivity index is -0.0000000886. The molecule has 0 unspecified atom stereocenters. The Bertz CT molecular complexity index is 118. The van der Waals surface area contributed by atoms with Gasteiger partial charge in [0, 0.05) is 0 Å². The van der Waals surface area contributed by atoms with Crippen molar-refractivity contribution in [2.45, 2.75) is 6.92 Å². The maximum absolute atomic E-state index is 7.62.